The van der Waals surface area contributed by atoms with Gasteiger partial charge in [-0.2, -0.15) is 0 Å². The normalized spacial score (nSPS) is 12.5. The first-order valence-corrected chi connectivity index (χ1v) is 10.5. The minimum Gasteiger partial charge on any atom is -0.324 e. The van der Waals surface area contributed by atoms with Crippen molar-refractivity contribution in [3.8, 4) is 0 Å². The highest BCUT2D eigenvalue weighted by atomic mass is 35.5. The molecule has 1 N–H and O–H groups in total. The van der Waals surface area contributed by atoms with Crippen LogP contribution in [0.2, 0.25) is 5.02 Å². The van der Waals surface area contributed by atoms with E-state index in [2.05, 4.69) is 5.32 Å². The molecular formula is C19H23ClN2O3S. The molecule has 0 aliphatic rings. The Morgan fingerprint density at radius 2 is 1.65 bits per heavy atom. The van der Waals surface area contributed by atoms with Crippen molar-refractivity contribution in [2.45, 2.75) is 33.2 Å². The van der Waals surface area contributed by atoms with Gasteiger partial charge in [0.05, 0.1) is 11.9 Å². The number of halogens is 1. The fraction of sp³-hybridized carbons (Fsp3) is 0.316. The number of hydrogen-bond acceptors (Lipinski definition) is 3. The molecule has 0 heterocycles. The van der Waals surface area contributed by atoms with Crippen LogP contribution in [0.15, 0.2) is 42.5 Å². The number of benzene rings is 2. The van der Waals surface area contributed by atoms with Crippen LogP contribution in [0.4, 0.5) is 11.4 Å². The van der Waals surface area contributed by atoms with Crippen LogP contribution in [0.25, 0.3) is 0 Å². The quantitative estimate of drug-likeness (QED) is 0.800. The first-order valence-electron chi connectivity index (χ1n) is 8.27. The Bertz CT molecular complexity index is 875. The van der Waals surface area contributed by atoms with E-state index < -0.39 is 16.1 Å². The second-order valence-electron chi connectivity index (χ2n) is 6.22. The van der Waals surface area contributed by atoms with Crippen molar-refractivity contribution >= 4 is 38.9 Å². The van der Waals surface area contributed by atoms with E-state index in [4.69, 9.17) is 11.6 Å². The van der Waals surface area contributed by atoms with Crippen molar-refractivity contribution in [2.75, 3.05) is 15.9 Å². The van der Waals surface area contributed by atoms with Crippen molar-refractivity contribution in [3.05, 3.63) is 58.6 Å². The summed E-state index contributed by atoms with van der Waals surface area (Å²) in [5, 5.41) is 3.39. The third-order valence-corrected chi connectivity index (χ3v) is 5.57. The number of nitrogens with one attached hydrogen (secondary N) is 1. The highest BCUT2D eigenvalue weighted by Gasteiger charge is 2.31. The van der Waals surface area contributed by atoms with Gasteiger partial charge in [-0.15, -0.1) is 0 Å². The molecule has 7 heteroatoms. The van der Waals surface area contributed by atoms with Crippen LogP contribution in [0.5, 0.6) is 0 Å². The molecule has 0 aliphatic heterocycles. The van der Waals surface area contributed by atoms with E-state index in [1.807, 2.05) is 32.0 Å². The molecule has 2 aromatic carbocycles. The second kappa shape index (κ2) is 8.10. The van der Waals surface area contributed by atoms with Crippen molar-refractivity contribution in [1.29, 1.82) is 0 Å². The van der Waals surface area contributed by atoms with Gasteiger partial charge in [0.2, 0.25) is 15.9 Å². The predicted molar refractivity (Wildman–Crippen MR) is 107 cm³/mol. The van der Waals surface area contributed by atoms with Crippen LogP contribution in [-0.2, 0) is 14.8 Å². The van der Waals surface area contributed by atoms with Crippen LogP contribution in [0.1, 0.15) is 24.5 Å². The number of aryl methyl sites for hydroxylation is 2. The van der Waals surface area contributed by atoms with Gasteiger partial charge in [0, 0.05) is 10.7 Å². The highest BCUT2D eigenvalue weighted by molar-refractivity contribution is 7.92. The zero-order valence-electron chi connectivity index (χ0n) is 15.3. The third kappa shape index (κ3) is 4.56. The van der Waals surface area contributed by atoms with E-state index in [1.165, 1.54) is 0 Å². The Hall–Kier alpha value is -2.05. The molecule has 0 radical (unpaired) electrons. The average Bonchev–Trinajstić information content (AvgIpc) is 2.56. The number of nitrogens with zero attached hydrogens (tertiary/aromatic N) is 1. The largest absolute Gasteiger partial charge is 0.324 e. The van der Waals surface area contributed by atoms with Crippen LogP contribution >= 0.6 is 11.6 Å². The van der Waals surface area contributed by atoms with Crippen molar-refractivity contribution < 1.29 is 13.2 Å². The van der Waals surface area contributed by atoms with Gasteiger partial charge in [0.25, 0.3) is 0 Å². The predicted octanol–water partition coefficient (Wildman–Crippen LogP) is 4.14. The van der Waals surface area contributed by atoms with Crippen molar-refractivity contribution in [1.82, 2.24) is 0 Å². The molecule has 0 saturated heterocycles. The van der Waals surface area contributed by atoms with Crippen LogP contribution in [-0.4, -0.2) is 26.6 Å². The summed E-state index contributed by atoms with van der Waals surface area (Å²) < 4.78 is 26.0. The Balaban J connectivity index is 2.41. The van der Waals surface area contributed by atoms with Gasteiger partial charge in [0.15, 0.2) is 0 Å². The topological polar surface area (TPSA) is 66.5 Å². The van der Waals surface area contributed by atoms with Gasteiger partial charge in [-0.05, 0) is 55.7 Å². The summed E-state index contributed by atoms with van der Waals surface area (Å²) in [6.07, 6.45) is 1.42. The van der Waals surface area contributed by atoms with E-state index in [-0.39, 0.29) is 5.91 Å². The highest BCUT2D eigenvalue weighted by Crippen LogP contribution is 2.26. The first kappa shape index (κ1) is 20.3. The molecule has 0 fully saturated rings. The number of carbonyl (C=O) groups is 1. The van der Waals surface area contributed by atoms with E-state index in [0.717, 1.165) is 21.7 Å². The lowest BCUT2D eigenvalue weighted by molar-refractivity contribution is -0.117. The van der Waals surface area contributed by atoms with Crippen molar-refractivity contribution in [3.63, 3.8) is 0 Å². The molecule has 0 bridgehead atoms. The lowest BCUT2D eigenvalue weighted by Crippen LogP contribution is -2.47. The Kier molecular flexibility index (Phi) is 6.31. The number of amides is 1. The maximum Gasteiger partial charge on any atom is 0.248 e. The molecule has 2 rings (SSSR count). The molecule has 5 nitrogen and oxygen atoms in total. The van der Waals surface area contributed by atoms with Crippen LogP contribution < -0.4 is 9.62 Å². The van der Waals surface area contributed by atoms with Gasteiger partial charge < -0.3 is 5.32 Å². The molecule has 0 aromatic heterocycles. The van der Waals surface area contributed by atoms with E-state index >= 15 is 0 Å². The van der Waals surface area contributed by atoms with E-state index in [9.17, 15) is 13.2 Å². The van der Waals surface area contributed by atoms with Crippen LogP contribution in [0.3, 0.4) is 0 Å². The molecule has 0 unspecified atom stereocenters. The zero-order valence-corrected chi connectivity index (χ0v) is 16.9. The summed E-state index contributed by atoms with van der Waals surface area (Å²) in [4.78, 5) is 12.9. The minimum absolute atomic E-state index is 0.326. The summed E-state index contributed by atoms with van der Waals surface area (Å²) in [5.41, 5.74) is 2.96. The number of anilines is 2. The summed E-state index contributed by atoms with van der Waals surface area (Å²) in [7, 11) is -3.67. The number of hydrogen-bond donors (Lipinski definition) is 1. The summed E-state index contributed by atoms with van der Waals surface area (Å²) >= 11 is 5.90. The van der Waals surface area contributed by atoms with Gasteiger partial charge >= 0.3 is 0 Å². The van der Waals surface area contributed by atoms with Gasteiger partial charge in [-0.25, -0.2) is 8.42 Å². The monoisotopic (exact) mass is 394 g/mol. The summed E-state index contributed by atoms with van der Waals surface area (Å²) in [6.45, 7) is 5.58. The Morgan fingerprint density at radius 1 is 1.12 bits per heavy atom. The fourth-order valence-electron chi connectivity index (χ4n) is 2.87. The number of carbonyl (C=O) groups excluding carboxylic acids is 1. The third-order valence-electron chi connectivity index (χ3n) is 4.14. The standard InChI is InChI=1S/C19H23ClN2O3S/c1-5-17(19(23)21-18-13(2)7-6-8-14(18)3)22(26(4,24)25)16-11-9-15(20)10-12-16/h6-12,17H,5H2,1-4H3,(H,21,23)/t17-/m0/s1. The van der Waals surface area contributed by atoms with Crippen molar-refractivity contribution in [2.24, 2.45) is 0 Å². The lowest BCUT2D eigenvalue weighted by atomic mass is 10.1. The summed E-state index contributed by atoms with van der Waals surface area (Å²) in [6, 6.07) is 11.2. The van der Waals surface area contributed by atoms with Gasteiger partial charge in [0.1, 0.15) is 6.04 Å². The molecule has 2 aromatic rings. The minimum atomic E-state index is -3.67. The molecule has 1 atom stereocenters. The first-order chi connectivity index (χ1) is 12.1. The molecule has 0 saturated carbocycles. The molecule has 1 amide bonds. The van der Waals surface area contributed by atoms with Gasteiger partial charge in [-0.3, -0.25) is 9.10 Å². The maximum atomic E-state index is 12.9. The molecule has 26 heavy (non-hydrogen) atoms. The Labute approximate surface area is 160 Å². The average molecular weight is 395 g/mol. The zero-order chi connectivity index (χ0) is 19.5. The Morgan fingerprint density at radius 3 is 2.12 bits per heavy atom. The SMILES string of the molecule is CC[C@@H](C(=O)Nc1c(C)cccc1C)N(c1ccc(Cl)cc1)S(C)(=O)=O. The molecule has 140 valence electrons. The second-order valence-corrected chi connectivity index (χ2v) is 8.51. The lowest BCUT2D eigenvalue weighted by Gasteiger charge is -2.30. The fourth-order valence-corrected chi connectivity index (χ4v) is 4.20. The number of rotatable bonds is 6. The molecular weight excluding hydrogens is 372 g/mol. The molecule has 0 aliphatic carbocycles. The smallest absolute Gasteiger partial charge is 0.248 e. The van der Waals surface area contributed by atoms with Crippen LogP contribution in [0, 0.1) is 13.8 Å². The maximum absolute atomic E-state index is 12.9. The van der Waals surface area contributed by atoms with E-state index in [0.29, 0.717) is 22.8 Å². The van der Waals surface area contributed by atoms with Gasteiger partial charge in [-0.1, -0.05) is 36.7 Å². The number of para-hydroxylation sites is 1. The summed E-state index contributed by atoms with van der Waals surface area (Å²) in [5.74, 6) is -0.370. The van der Waals surface area contributed by atoms with E-state index in [1.54, 1.807) is 31.2 Å². The number of sulfonamides is 1. The molecule has 0 spiro atoms.